The smallest absolute Gasteiger partial charge is 0.229 e. The first-order valence-corrected chi connectivity index (χ1v) is 6.84. The second kappa shape index (κ2) is 6.40. The van der Waals surface area contributed by atoms with E-state index < -0.39 is 0 Å². The summed E-state index contributed by atoms with van der Waals surface area (Å²) in [5.41, 5.74) is 6.78. The first kappa shape index (κ1) is 15.0. The van der Waals surface area contributed by atoms with E-state index in [1.807, 2.05) is 24.3 Å². The number of carbonyl (C=O) groups excluding carboxylic acids is 1. The number of rotatable bonds is 4. The molecule has 1 aromatic carbocycles. The molecular weight excluding hydrogens is 338 g/mol. The van der Waals surface area contributed by atoms with Gasteiger partial charge < -0.3 is 16.3 Å². The van der Waals surface area contributed by atoms with Gasteiger partial charge in [0.05, 0.1) is 18.2 Å². The number of halogens is 1. The van der Waals surface area contributed by atoms with Gasteiger partial charge in [-0.3, -0.25) is 9.48 Å². The molecule has 0 bridgehead atoms. The van der Waals surface area contributed by atoms with Crippen LogP contribution in [-0.2, 0) is 18.3 Å². The zero-order valence-electron chi connectivity index (χ0n) is 11.2. The van der Waals surface area contributed by atoms with Crippen molar-refractivity contribution >= 4 is 33.5 Å². The van der Waals surface area contributed by atoms with Crippen molar-refractivity contribution in [3.05, 3.63) is 46.1 Å². The molecule has 0 aliphatic carbocycles. The molecule has 2 aromatic rings. The van der Waals surface area contributed by atoms with Crippen molar-refractivity contribution in [1.82, 2.24) is 9.78 Å². The lowest BCUT2D eigenvalue weighted by Gasteiger charge is -2.08. The Kier molecular flexibility index (Phi) is 4.59. The van der Waals surface area contributed by atoms with E-state index in [0.29, 0.717) is 11.4 Å². The van der Waals surface area contributed by atoms with Crippen molar-refractivity contribution in [2.45, 2.75) is 6.42 Å². The Balaban J connectivity index is 2.15. The summed E-state index contributed by atoms with van der Waals surface area (Å²) in [5, 5.41) is 18.3. The molecule has 0 spiro atoms. The van der Waals surface area contributed by atoms with E-state index in [2.05, 4.69) is 31.5 Å². The molecule has 0 unspecified atom stereocenters. The van der Waals surface area contributed by atoms with Crippen LogP contribution in [0.1, 0.15) is 11.1 Å². The highest BCUT2D eigenvalue weighted by molar-refractivity contribution is 9.10. The highest BCUT2D eigenvalue weighted by Gasteiger charge is 2.15. The van der Waals surface area contributed by atoms with E-state index in [1.165, 1.54) is 10.9 Å². The third-order valence-electron chi connectivity index (χ3n) is 2.83. The molecule has 0 saturated heterocycles. The predicted molar refractivity (Wildman–Crippen MR) is 82.2 cm³/mol. The first-order chi connectivity index (χ1) is 10.0. The topological polar surface area (TPSA) is 106 Å². The number of carbonyl (C=O) groups is 1. The highest BCUT2D eigenvalue weighted by Crippen LogP contribution is 2.16. The van der Waals surface area contributed by atoms with E-state index in [9.17, 15) is 4.79 Å². The van der Waals surface area contributed by atoms with Gasteiger partial charge in [-0.05, 0) is 17.7 Å². The molecular formula is C13H14BrN5O2. The van der Waals surface area contributed by atoms with Crippen molar-refractivity contribution in [1.29, 1.82) is 0 Å². The molecule has 0 aliphatic rings. The van der Waals surface area contributed by atoms with Gasteiger partial charge in [-0.15, -0.1) is 0 Å². The minimum absolute atomic E-state index is 0.110. The molecule has 1 heterocycles. The fourth-order valence-corrected chi connectivity index (χ4v) is 2.28. The van der Waals surface area contributed by atoms with Gasteiger partial charge in [-0.2, -0.15) is 5.10 Å². The molecule has 2 rings (SSSR count). The summed E-state index contributed by atoms with van der Waals surface area (Å²) in [7, 11) is 1.66. The van der Waals surface area contributed by atoms with E-state index >= 15 is 0 Å². The number of nitrogens with zero attached hydrogens (tertiary/aromatic N) is 3. The molecule has 110 valence electrons. The number of oxime groups is 1. The lowest BCUT2D eigenvalue weighted by molar-refractivity contribution is -0.115. The molecule has 21 heavy (non-hydrogen) atoms. The number of amides is 1. The molecule has 0 saturated carbocycles. The van der Waals surface area contributed by atoms with Gasteiger partial charge in [0.2, 0.25) is 5.91 Å². The fraction of sp³-hybridized carbons (Fsp3) is 0.154. The number of amidine groups is 1. The van der Waals surface area contributed by atoms with Gasteiger partial charge in [0.1, 0.15) is 5.82 Å². The normalized spacial score (nSPS) is 11.4. The largest absolute Gasteiger partial charge is 0.409 e. The average molecular weight is 352 g/mol. The Labute approximate surface area is 129 Å². The quantitative estimate of drug-likeness (QED) is 0.335. The number of hydrogen-bond donors (Lipinski definition) is 3. The maximum atomic E-state index is 12.1. The SMILES string of the molecule is Cn1ncc(C(N)=NO)c1NC(=O)Cc1cccc(Br)c1. The first-order valence-electron chi connectivity index (χ1n) is 6.05. The lowest BCUT2D eigenvalue weighted by Crippen LogP contribution is -2.21. The van der Waals surface area contributed by atoms with E-state index in [4.69, 9.17) is 10.9 Å². The van der Waals surface area contributed by atoms with Crippen LogP contribution in [0.3, 0.4) is 0 Å². The Morgan fingerprint density at radius 3 is 3.00 bits per heavy atom. The number of nitrogens with one attached hydrogen (secondary N) is 1. The number of aromatic nitrogens is 2. The summed E-state index contributed by atoms with van der Waals surface area (Å²) in [5.74, 6) is 0.0508. The Hall–Kier alpha value is -2.35. The number of anilines is 1. The summed E-state index contributed by atoms with van der Waals surface area (Å²) in [6, 6.07) is 7.48. The van der Waals surface area contributed by atoms with Crippen molar-refractivity contribution < 1.29 is 10.0 Å². The van der Waals surface area contributed by atoms with Crippen LogP contribution < -0.4 is 11.1 Å². The zero-order chi connectivity index (χ0) is 15.4. The van der Waals surface area contributed by atoms with Gasteiger partial charge in [-0.25, -0.2) is 0 Å². The molecule has 7 nitrogen and oxygen atoms in total. The highest BCUT2D eigenvalue weighted by atomic mass is 79.9. The summed E-state index contributed by atoms with van der Waals surface area (Å²) >= 11 is 3.36. The average Bonchev–Trinajstić information content (AvgIpc) is 2.79. The summed E-state index contributed by atoms with van der Waals surface area (Å²) in [4.78, 5) is 12.1. The van der Waals surface area contributed by atoms with Crippen molar-refractivity contribution in [2.24, 2.45) is 17.9 Å². The maximum absolute atomic E-state index is 12.1. The summed E-state index contributed by atoms with van der Waals surface area (Å²) in [6.45, 7) is 0. The molecule has 0 fully saturated rings. The second-order valence-corrected chi connectivity index (χ2v) is 5.29. The summed E-state index contributed by atoms with van der Waals surface area (Å²) in [6.07, 6.45) is 1.63. The van der Waals surface area contributed by atoms with Crippen molar-refractivity contribution in [2.75, 3.05) is 5.32 Å². The minimum atomic E-state index is -0.219. The van der Waals surface area contributed by atoms with Gasteiger partial charge in [0.15, 0.2) is 5.84 Å². The Morgan fingerprint density at radius 2 is 2.33 bits per heavy atom. The standard InChI is InChI=1S/C13H14BrN5O2/c1-19-13(10(7-16-19)12(15)18-21)17-11(20)6-8-3-2-4-9(14)5-8/h2-5,7,21H,6H2,1H3,(H2,15,18)(H,17,20). The van der Waals surface area contributed by atoms with Gasteiger partial charge in [-0.1, -0.05) is 33.2 Å². The van der Waals surface area contributed by atoms with E-state index in [1.54, 1.807) is 7.05 Å². The van der Waals surface area contributed by atoms with Crippen LogP contribution in [0.2, 0.25) is 0 Å². The number of nitrogens with two attached hydrogens (primary N) is 1. The Morgan fingerprint density at radius 1 is 1.57 bits per heavy atom. The summed E-state index contributed by atoms with van der Waals surface area (Å²) < 4.78 is 2.36. The number of benzene rings is 1. The predicted octanol–water partition coefficient (Wildman–Crippen LogP) is 1.46. The molecule has 0 aliphatic heterocycles. The number of hydrogen-bond acceptors (Lipinski definition) is 4. The molecule has 1 amide bonds. The van der Waals surface area contributed by atoms with Crippen molar-refractivity contribution in [3.63, 3.8) is 0 Å². The number of aryl methyl sites for hydroxylation is 1. The van der Waals surface area contributed by atoms with Crippen LogP contribution >= 0.6 is 15.9 Å². The Bertz CT molecular complexity index is 696. The molecule has 1 aromatic heterocycles. The monoisotopic (exact) mass is 351 g/mol. The molecule has 8 heteroatoms. The van der Waals surface area contributed by atoms with Gasteiger partial charge in [0, 0.05) is 11.5 Å². The van der Waals surface area contributed by atoms with Crippen LogP contribution in [0.4, 0.5) is 5.82 Å². The van der Waals surface area contributed by atoms with Crippen LogP contribution in [-0.4, -0.2) is 26.7 Å². The van der Waals surface area contributed by atoms with E-state index in [0.717, 1.165) is 10.0 Å². The second-order valence-electron chi connectivity index (χ2n) is 4.37. The third-order valence-corrected chi connectivity index (χ3v) is 3.33. The molecule has 0 radical (unpaired) electrons. The fourth-order valence-electron chi connectivity index (χ4n) is 1.84. The van der Waals surface area contributed by atoms with Crippen LogP contribution in [0.5, 0.6) is 0 Å². The molecule has 0 atom stereocenters. The lowest BCUT2D eigenvalue weighted by atomic mass is 10.1. The molecule has 4 N–H and O–H groups in total. The van der Waals surface area contributed by atoms with Gasteiger partial charge in [0.25, 0.3) is 0 Å². The van der Waals surface area contributed by atoms with Crippen LogP contribution in [0.15, 0.2) is 40.1 Å². The minimum Gasteiger partial charge on any atom is -0.409 e. The van der Waals surface area contributed by atoms with Crippen LogP contribution in [0, 0.1) is 0 Å². The zero-order valence-corrected chi connectivity index (χ0v) is 12.8. The van der Waals surface area contributed by atoms with Gasteiger partial charge >= 0.3 is 0 Å². The van der Waals surface area contributed by atoms with Crippen LogP contribution in [0.25, 0.3) is 0 Å². The van der Waals surface area contributed by atoms with E-state index in [-0.39, 0.29) is 18.2 Å². The third kappa shape index (κ3) is 3.60. The maximum Gasteiger partial charge on any atom is 0.229 e. The van der Waals surface area contributed by atoms with Crippen molar-refractivity contribution in [3.8, 4) is 0 Å².